The van der Waals surface area contributed by atoms with Gasteiger partial charge < -0.3 is 4.42 Å². The third kappa shape index (κ3) is 2.92. The molecule has 2 aromatic heterocycles. The van der Waals surface area contributed by atoms with Crippen molar-refractivity contribution in [3.8, 4) is 0 Å². The van der Waals surface area contributed by atoms with Crippen LogP contribution in [0.3, 0.4) is 0 Å². The minimum Gasteiger partial charge on any atom is -0.453 e. The molecule has 0 aliphatic carbocycles. The fourth-order valence-electron chi connectivity index (χ4n) is 2.02. The van der Waals surface area contributed by atoms with E-state index in [-0.39, 0.29) is 23.7 Å². The highest BCUT2D eigenvalue weighted by Crippen LogP contribution is 2.24. The zero-order valence-electron chi connectivity index (χ0n) is 10.9. The molecule has 0 spiro atoms. The zero-order chi connectivity index (χ0) is 14.8. The Morgan fingerprint density at radius 1 is 1.05 bits per heavy atom. The van der Waals surface area contributed by atoms with Crippen LogP contribution in [0.2, 0.25) is 0 Å². The molecule has 0 radical (unpaired) electrons. The van der Waals surface area contributed by atoms with Crippen LogP contribution < -0.4 is 0 Å². The predicted molar refractivity (Wildman–Crippen MR) is 81.4 cm³/mol. The van der Waals surface area contributed by atoms with Gasteiger partial charge in [-0.2, -0.15) is 0 Å². The lowest BCUT2D eigenvalue weighted by atomic mass is 10.1. The molecule has 21 heavy (non-hydrogen) atoms. The average molecular weight is 344 g/mol. The molecule has 0 aliphatic rings. The number of fused-ring (bicyclic) bond motifs is 1. The molecule has 104 valence electrons. The van der Waals surface area contributed by atoms with E-state index in [1.165, 1.54) is 12.4 Å². The molecule has 5 heteroatoms. The van der Waals surface area contributed by atoms with E-state index < -0.39 is 0 Å². The molecule has 3 aromatic rings. The minimum atomic E-state index is -0.330. The molecule has 4 nitrogen and oxygen atoms in total. The molecule has 0 atom stereocenters. The van der Waals surface area contributed by atoms with Crippen molar-refractivity contribution in [2.75, 3.05) is 0 Å². The summed E-state index contributed by atoms with van der Waals surface area (Å²) in [5.74, 6) is -0.376. The Balaban J connectivity index is 1.82. The third-order valence-corrected chi connectivity index (χ3v) is 3.57. The molecule has 0 N–H and O–H groups in total. The number of carbonyl (C=O) groups is 2. The number of hydrogen-bond acceptors (Lipinski definition) is 4. The Morgan fingerprint density at radius 2 is 1.81 bits per heavy atom. The molecule has 2 heterocycles. The van der Waals surface area contributed by atoms with Gasteiger partial charge in [0, 0.05) is 27.8 Å². The van der Waals surface area contributed by atoms with E-state index in [1.54, 1.807) is 24.3 Å². The normalized spacial score (nSPS) is 10.7. The molecule has 3 rings (SSSR count). The van der Waals surface area contributed by atoms with E-state index in [0.717, 1.165) is 9.86 Å². The maximum Gasteiger partial charge on any atom is 0.205 e. The van der Waals surface area contributed by atoms with Gasteiger partial charge in [-0.05, 0) is 36.4 Å². The van der Waals surface area contributed by atoms with Crippen LogP contribution in [-0.2, 0) is 0 Å². The highest BCUT2D eigenvalue weighted by Gasteiger charge is 2.17. The van der Waals surface area contributed by atoms with Crippen molar-refractivity contribution in [1.29, 1.82) is 0 Å². The van der Waals surface area contributed by atoms with Gasteiger partial charge in [0.05, 0.1) is 6.42 Å². The molecule has 0 saturated heterocycles. The van der Waals surface area contributed by atoms with E-state index in [4.69, 9.17) is 4.42 Å². The number of aromatic nitrogens is 1. The summed E-state index contributed by atoms with van der Waals surface area (Å²) in [6.45, 7) is 0. The molecule has 0 unspecified atom stereocenters. The first-order chi connectivity index (χ1) is 10.1. The van der Waals surface area contributed by atoms with E-state index in [1.807, 2.05) is 12.1 Å². The summed E-state index contributed by atoms with van der Waals surface area (Å²) in [7, 11) is 0. The summed E-state index contributed by atoms with van der Waals surface area (Å²) in [5.41, 5.74) is 1.09. The Morgan fingerprint density at radius 3 is 2.57 bits per heavy atom. The lowest BCUT2D eigenvalue weighted by Gasteiger charge is -1.98. The van der Waals surface area contributed by atoms with Gasteiger partial charge >= 0.3 is 0 Å². The Hall–Kier alpha value is -2.27. The number of ketones is 2. The van der Waals surface area contributed by atoms with Crippen LogP contribution in [0.1, 0.15) is 27.3 Å². The average Bonchev–Trinajstić information content (AvgIpc) is 2.91. The molecule has 0 aliphatic heterocycles. The fraction of sp³-hybridized carbons (Fsp3) is 0.0625. The molecule has 0 amide bonds. The number of rotatable bonds is 4. The largest absolute Gasteiger partial charge is 0.453 e. The molecular formula is C16H10BrNO3. The smallest absolute Gasteiger partial charge is 0.205 e. The number of halogens is 1. The number of nitrogens with zero attached hydrogens (tertiary/aromatic N) is 1. The molecule has 0 bridgehead atoms. The van der Waals surface area contributed by atoms with Crippen LogP contribution in [-0.4, -0.2) is 16.6 Å². The van der Waals surface area contributed by atoms with Crippen molar-refractivity contribution in [3.63, 3.8) is 0 Å². The van der Waals surface area contributed by atoms with Crippen LogP contribution >= 0.6 is 15.9 Å². The van der Waals surface area contributed by atoms with Gasteiger partial charge in [0.15, 0.2) is 11.5 Å². The van der Waals surface area contributed by atoms with Crippen molar-refractivity contribution in [2.24, 2.45) is 0 Å². The maximum atomic E-state index is 12.1. The van der Waals surface area contributed by atoms with Crippen LogP contribution in [0.15, 0.2) is 57.7 Å². The summed E-state index contributed by atoms with van der Waals surface area (Å²) in [6.07, 6.45) is 2.83. The fourth-order valence-corrected chi connectivity index (χ4v) is 2.40. The summed E-state index contributed by atoms with van der Waals surface area (Å²) < 4.78 is 6.39. The van der Waals surface area contributed by atoms with Gasteiger partial charge in [0.2, 0.25) is 5.78 Å². The SMILES string of the molecule is O=C(CC(=O)c1cc2cc(Br)ccc2o1)c1ccncc1. The van der Waals surface area contributed by atoms with E-state index in [0.29, 0.717) is 11.1 Å². The summed E-state index contributed by atoms with van der Waals surface area (Å²) in [5, 5.41) is 0.823. The second-order valence-corrected chi connectivity index (χ2v) is 5.47. The number of carbonyl (C=O) groups excluding carboxylic acids is 2. The molecular weight excluding hydrogens is 334 g/mol. The number of benzene rings is 1. The second kappa shape index (κ2) is 5.61. The first-order valence-electron chi connectivity index (χ1n) is 6.29. The maximum absolute atomic E-state index is 12.1. The second-order valence-electron chi connectivity index (χ2n) is 4.55. The summed E-state index contributed by atoms with van der Waals surface area (Å²) in [4.78, 5) is 28.0. The van der Waals surface area contributed by atoms with Crippen molar-refractivity contribution in [3.05, 3.63) is 64.6 Å². The standard InChI is InChI=1S/C16H10BrNO3/c17-12-1-2-15-11(7-12)8-16(21-15)14(20)9-13(19)10-3-5-18-6-4-10/h1-8H,9H2. The quantitative estimate of drug-likeness (QED) is 0.529. The van der Waals surface area contributed by atoms with Crippen LogP contribution in [0.25, 0.3) is 11.0 Å². The van der Waals surface area contributed by atoms with Gasteiger partial charge in [0.25, 0.3) is 0 Å². The lowest BCUT2D eigenvalue weighted by Crippen LogP contribution is -2.07. The topological polar surface area (TPSA) is 60.2 Å². The summed E-state index contributed by atoms with van der Waals surface area (Å²) in [6, 6.07) is 10.3. The van der Waals surface area contributed by atoms with Crippen molar-refractivity contribution in [2.45, 2.75) is 6.42 Å². The number of pyridine rings is 1. The van der Waals surface area contributed by atoms with Crippen LogP contribution in [0.4, 0.5) is 0 Å². The number of Topliss-reactive ketones (excluding diaryl/α,β-unsaturated/α-hetero) is 2. The Bertz CT molecular complexity index is 824. The minimum absolute atomic E-state index is 0.200. The van der Waals surface area contributed by atoms with E-state index in [2.05, 4.69) is 20.9 Å². The van der Waals surface area contributed by atoms with Crippen molar-refractivity contribution >= 4 is 38.5 Å². The monoisotopic (exact) mass is 343 g/mol. The Kier molecular flexibility index (Phi) is 3.66. The zero-order valence-corrected chi connectivity index (χ0v) is 12.5. The predicted octanol–water partition coefficient (Wildman–Crippen LogP) is 4.05. The van der Waals surface area contributed by atoms with Gasteiger partial charge in [-0.25, -0.2) is 0 Å². The van der Waals surface area contributed by atoms with Crippen molar-refractivity contribution < 1.29 is 14.0 Å². The number of furan rings is 1. The summed E-state index contributed by atoms with van der Waals surface area (Å²) >= 11 is 3.36. The lowest BCUT2D eigenvalue weighted by molar-refractivity contribution is 0.0879. The van der Waals surface area contributed by atoms with Crippen LogP contribution in [0, 0.1) is 0 Å². The molecule has 1 aromatic carbocycles. The van der Waals surface area contributed by atoms with E-state index in [9.17, 15) is 9.59 Å². The molecule has 0 saturated carbocycles. The van der Waals surface area contributed by atoms with Gasteiger partial charge in [-0.3, -0.25) is 14.6 Å². The Labute approximate surface area is 128 Å². The number of hydrogen-bond donors (Lipinski definition) is 0. The molecule has 0 fully saturated rings. The van der Waals surface area contributed by atoms with Gasteiger partial charge in [-0.15, -0.1) is 0 Å². The highest BCUT2D eigenvalue weighted by molar-refractivity contribution is 9.10. The highest BCUT2D eigenvalue weighted by atomic mass is 79.9. The van der Waals surface area contributed by atoms with Crippen LogP contribution in [0.5, 0.6) is 0 Å². The van der Waals surface area contributed by atoms with E-state index >= 15 is 0 Å². The van der Waals surface area contributed by atoms with Crippen molar-refractivity contribution in [1.82, 2.24) is 4.98 Å². The van der Waals surface area contributed by atoms with Gasteiger partial charge in [-0.1, -0.05) is 15.9 Å². The van der Waals surface area contributed by atoms with Gasteiger partial charge in [0.1, 0.15) is 5.58 Å². The first kappa shape index (κ1) is 13.7. The first-order valence-corrected chi connectivity index (χ1v) is 7.08. The third-order valence-electron chi connectivity index (χ3n) is 3.08.